The SMILES string of the molecule is CCCOC1CCCN(c2ccc([N+](=O)[O-])c(N)c2)C1. The molecule has 1 fully saturated rings. The number of ether oxygens (including phenoxy) is 1. The molecule has 110 valence electrons. The highest BCUT2D eigenvalue weighted by molar-refractivity contribution is 5.66. The predicted molar refractivity (Wildman–Crippen MR) is 79.0 cm³/mol. The molecule has 6 heteroatoms. The average Bonchev–Trinajstić information content (AvgIpc) is 2.45. The lowest BCUT2D eigenvalue weighted by molar-refractivity contribution is -0.383. The summed E-state index contributed by atoms with van der Waals surface area (Å²) >= 11 is 0. The number of benzene rings is 1. The fraction of sp³-hybridized carbons (Fsp3) is 0.571. The molecule has 1 saturated heterocycles. The van der Waals surface area contributed by atoms with Crippen LogP contribution in [0.4, 0.5) is 17.1 Å². The van der Waals surface area contributed by atoms with Crippen molar-refractivity contribution in [3.05, 3.63) is 28.3 Å². The summed E-state index contributed by atoms with van der Waals surface area (Å²) in [6.07, 6.45) is 3.38. The number of hydrogen-bond acceptors (Lipinski definition) is 5. The average molecular weight is 279 g/mol. The van der Waals surface area contributed by atoms with Crippen LogP contribution in [-0.4, -0.2) is 30.7 Å². The van der Waals surface area contributed by atoms with Crippen LogP contribution in [0.15, 0.2) is 18.2 Å². The molecule has 0 radical (unpaired) electrons. The summed E-state index contributed by atoms with van der Waals surface area (Å²) < 4.78 is 5.79. The van der Waals surface area contributed by atoms with Crippen LogP contribution in [0.2, 0.25) is 0 Å². The Bertz CT molecular complexity index is 479. The van der Waals surface area contributed by atoms with E-state index in [1.54, 1.807) is 12.1 Å². The van der Waals surface area contributed by atoms with Crippen LogP contribution in [0.1, 0.15) is 26.2 Å². The Morgan fingerprint density at radius 1 is 1.55 bits per heavy atom. The van der Waals surface area contributed by atoms with Gasteiger partial charge in [-0.3, -0.25) is 10.1 Å². The van der Waals surface area contributed by atoms with Gasteiger partial charge in [0.15, 0.2) is 0 Å². The number of nitrogens with two attached hydrogens (primary N) is 1. The van der Waals surface area contributed by atoms with Gasteiger partial charge in [-0.15, -0.1) is 0 Å². The van der Waals surface area contributed by atoms with Gasteiger partial charge in [0.1, 0.15) is 5.69 Å². The summed E-state index contributed by atoms with van der Waals surface area (Å²) in [7, 11) is 0. The lowest BCUT2D eigenvalue weighted by atomic mass is 10.1. The Morgan fingerprint density at radius 3 is 3.00 bits per heavy atom. The summed E-state index contributed by atoms with van der Waals surface area (Å²) in [4.78, 5) is 12.5. The lowest BCUT2D eigenvalue weighted by Gasteiger charge is -2.34. The number of piperidine rings is 1. The second kappa shape index (κ2) is 6.56. The van der Waals surface area contributed by atoms with Crippen LogP contribution in [0.3, 0.4) is 0 Å². The third-order valence-electron chi connectivity index (χ3n) is 3.51. The van der Waals surface area contributed by atoms with Gasteiger partial charge in [0.05, 0.1) is 11.0 Å². The Labute approximate surface area is 118 Å². The highest BCUT2D eigenvalue weighted by Gasteiger charge is 2.22. The second-order valence-electron chi connectivity index (χ2n) is 5.08. The topological polar surface area (TPSA) is 81.6 Å². The largest absolute Gasteiger partial charge is 0.393 e. The summed E-state index contributed by atoms with van der Waals surface area (Å²) in [6.45, 7) is 4.62. The van der Waals surface area contributed by atoms with E-state index in [0.717, 1.165) is 44.6 Å². The molecule has 1 aromatic rings. The zero-order valence-electron chi connectivity index (χ0n) is 11.7. The van der Waals surface area contributed by atoms with Crippen LogP contribution in [0.5, 0.6) is 0 Å². The van der Waals surface area contributed by atoms with E-state index >= 15 is 0 Å². The van der Waals surface area contributed by atoms with Crippen molar-refractivity contribution in [1.82, 2.24) is 0 Å². The van der Waals surface area contributed by atoms with Crippen molar-refractivity contribution in [3.63, 3.8) is 0 Å². The zero-order chi connectivity index (χ0) is 14.5. The number of nitrogen functional groups attached to an aromatic ring is 1. The molecule has 1 heterocycles. The maximum absolute atomic E-state index is 10.8. The smallest absolute Gasteiger partial charge is 0.292 e. The van der Waals surface area contributed by atoms with Crippen molar-refractivity contribution < 1.29 is 9.66 Å². The highest BCUT2D eigenvalue weighted by Crippen LogP contribution is 2.29. The molecule has 0 amide bonds. The standard InChI is InChI=1S/C14H21N3O3/c1-2-8-20-12-4-3-7-16(10-12)11-5-6-14(17(18)19)13(15)9-11/h5-6,9,12H,2-4,7-8,10,15H2,1H3. The molecule has 2 rings (SSSR count). The van der Waals surface area contributed by atoms with E-state index in [0.29, 0.717) is 0 Å². The number of anilines is 2. The van der Waals surface area contributed by atoms with E-state index in [-0.39, 0.29) is 17.5 Å². The first-order chi connectivity index (χ1) is 9.61. The fourth-order valence-corrected chi connectivity index (χ4v) is 2.50. The molecule has 0 bridgehead atoms. The number of nitro groups is 1. The summed E-state index contributed by atoms with van der Waals surface area (Å²) in [6, 6.07) is 4.91. The number of hydrogen-bond donors (Lipinski definition) is 1. The van der Waals surface area contributed by atoms with Gasteiger partial charge in [-0.05, 0) is 31.4 Å². The maximum Gasteiger partial charge on any atom is 0.292 e. The first-order valence-electron chi connectivity index (χ1n) is 7.02. The minimum absolute atomic E-state index is 0.0375. The van der Waals surface area contributed by atoms with Gasteiger partial charge in [0.2, 0.25) is 0 Å². The third-order valence-corrected chi connectivity index (χ3v) is 3.51. The van der Waals surface area contributed by atoms with Gasteiger partial charge in [-0.1, -0.05) is 6.92 Å². The molecule has 1 aliphatic heterocycles. The third kappa shape index (κ3) is 3.39. The molecule has 1 aromatic carbocycles. The molecule has 0 saturated carbocycles. The van der Waals surface area contributed by atoms with Gasteiger partial charge in [-0.25, -0.2) is 0 Å². The van der Waals surface area contributed by atoms with E-state index in [9.17, 15) is 10.1 Å². The van der Waals surface area contributed by atoms with Crippen molar-refractivity contribution in [3.8, 4) is 0 Å². The van der Waals surface area contributed by atoms with Gasteiger partial charge >= 0.3 is 0 Å². The van der Waals surface area contributed by atoms with E-state index in [2.05, 4.69) is 11.8 Å². The Morgan fingerprint density at radius 2 is 2.35 bits per heavy atom. The molecule has 1 atom stereocenters. The summed E-state index contributed by atoms with van der Waals surface area (Å²) in [5.74, 6) is 0. The Kier molecular flexibility index (Phi) is 4.79. The molecule has 2 N–H and O–H groups in total. The van der Waals surface area contributed by atoms with Crippen LogP contribution < -0.4 is 10.6 Å². The quantitative estimate of drug-likeness (QED) is 0.509. The number of nitrogens with zero attached hydrogens (tertiary/aromatic N) is 2. The van der Waals surface area contributed by atoms with Crippen molar-refractivity contribution in [2.45, 2.75) is 32.3 Å². The molecule has 0 aromatic heterocycles. The number of nitro benzene ring substituents is 1. The zero-order valence-corrected chi connectivity index (χ0v) is 11.7. The number of rotatable bonds is 5. The van der Waals surface area contributed by atoms with Crippen molar-refractivity contribution in [2.75, 3.05) is 30.3 Å². The molecule has 1 aliphatic rings. The predicted octanol–water partition coefficient (Wildman–Crippen LogP) is 2.57. The first-order valence-corrected chi connectivity index (χ1v) is 7.02. The van der Waals surface area contributed by atoms with Gasteiger partial charge < -0.3 is 15.4 Å². The summed E-state index contributed by atoms with van der Waals surface area (Å²) in [5.41, 5.74) is 6.85. The van der Waals surface area contributed by atoms with Gasteiger partial charge in [-0.2, -0.15) is 0 Å². The normalized spacial score (nSPS) is 19.1. The molecular weight excluding hydrogens is 258 g/mol. The summed E-state index contributed by atoms with van der Waals surface area (Å²) in [5, 5.41) is 10.8. The van der Waals surface area contributed by atoms with Crippen molar-refractivity contribution in [1.29, 1.82) is 0 Å². The molecule has 0 aliphatic carbocycles. The molecular formula is C14H21N3O3. The minimum Gasteiger partial charge on any atom is -0.393 e. The van der Waals surface area contributed by atoms with Gasteiger partial charge in [0.25, 0.3) is 5.69 Å². The fourth-order valence-electron chi connectivity index (χ4n) is 2.50. The van der Waals surface area contributed by atoms with E-state index in [1.807, 2.05) is 0 Å². The molecule has 1 unspecified atom stereocenters. The van der Waals surface area contributed by atoms with E-state index in [1.165, 1.54) is 6.07 Å². The highest BCUT2D eigenvalue weighted by atomic mass is 16.6. The Balaban J connectivity index is 2.07. The van der Waals surface area contributed by atoms with E-state index < -0.39 is 4.92 Å². The monoisotopic (exact) mass is 279 g/mol. The van der Waals surface area contributed by atoms with Crippen molar-refractivity contribution >= 4 is 17.1 Å². The maximum atomic E-state index is 10.8. The van der Waals surface area contributed by atoms with Crippen LogP contribution in [0, 0.1) is 10.1 Å². The first kappa shape index (κ1) is 14.6. The van der Waals surface area contributed by atoms with Crippen molar-refractivity contribution in [2.24, 2.45) is 0 Å². The van der Waals surface area contributed by atoms with E-state index in [4.69, 9.17) is 10.5 Å². The van der Waals surface area contributed by atoms with Crippen LogP contribution in [-0.2, 0) is 4.74 Å². The van der Waals surface area contributed by atoms with Gasteiger partial charge in [0, 0.05) is 31.5 Å². The molecule has 20 heavy (non-hydrogen) atoms. The molecule has 6 nitrogen and oxygen atoms in total. The van der Waals surface area contributed by atoms with Crippen LogP contribution >= 0.6 is 0 Å². The Hall–Kier alpha value is -1.82. The van der Waals surface area contributed by atoms with Crippen LogP contribution in [0.25, 0.3) is 0 Å². The second-order valence-corrected chi connectivity index (χ2v) is 5.08. The lowest BCUT2D eigenvalue weighted by Crippen LogP contribution is -2.39. The minimum atomic E-state index is -0.456. The molecule has 0 spiro atoms.